The van der Waals surface area contributed by atoms with Crippen LogP contribution in [0, 0.1) is 11.3 Å². The summed E-state index contributed by atoms with van der Waals surface area (Å²) in [6.45, 7) is 0. The van der Waals surface area contributed by atoms with Crippen molar-refractivity contribution < 1.29 is 4.79 Å². The Labute approximate surface area is 46.6 Å². The summed E-state index contributed by atoms with van der Waals surface area (Å²) in [6.07, 6.45) is 2.28. The second-order valence-electron chi connectivity index (χ2n) is 0.971. The van der Waals surface area contributed by atoms with E-state index in [4.69, 9.17) is 5.26 Å². The Hall–Kier alpha value is -1.50. The van der Waals surface area contributed by atoms with Gasteiger partial charge >= 0.3 is 6.03 Å². The summed E-state index contributed by atoms with van der Waals surface area (Å²) in [7, 11) is 0. The third-order valence-electron chi connectivity index (χ3n) is 0.383. The highest BCUT2D eigenvalue weighted by atomic mass is 16.2. The summed E-state index contributed by atoms with van der Waals surface area (Å²) >= 11 is 0. The van der Waals surface area contributed by atoms with Crippen LogP contribution in [0.2, 0.25) is 0 Å². The number of urea groups is 1. The van der Waals surface area contributed by atoms with Crippen molar-refractivity contribution in [1.82, 2.24) is 5.32 Å². The first-order chi connectivity index (χ1) is 3.77. The molecular formula is C4H5N3O. The van der Waals surface area contributed by atoms with Crippen LogP contribution in [-0.2, 0) is 0 Å². The van der Waals surface area contributed by atoms with Crippen molar-refractivity contribution in [2.24, 2.45) is 5.73 Å². The van der Waals surface area contributed by atoms with Crippen LogP contribution in [0.25, 0.3) is 0 Å². The standard InChI is InChI=1S/C4H5N3O/c5-2-1-3-7-4(6)8/h1,3H,(H3,6,7,8)/b3-1+. The number of nitrogens with two attached hydrogens (primary N) is 1. The lowest BCUT2D eigenvalue weighted by Crippen LogP contribution is -2.23. The van der Waals surface area contributed by atoms with Crippen molar-refractivity contribution in [3.05, 3.63) is 12.3 Å². The Balaban J connectivity index is 3.34. The van der Waals surface area contributed by atoms with Gasteiger partial charge in [0.2, 0.25) is 0 Å². The highest BCUT2D eigenvalue weighted by molar-refractivity contribution is 5.72. The van der Waals surface area contributed by atoms with E-state index in [1.807, 2.05) is 0 Å². The number of nitriles is 1. The van der Waals surface area contributed by atoms with Gasteiger partial charge in [-0.25, -0.2) is 4.79 Å². The molecule has 0 fully saturated rings. The van der Waals surface area contributed by atoms with E-state index < -0.39 is 6.03 Å². The molecule has 8 heavy (non-hydrogen) atoms. The third-order valence-corrected chi connectivity index (χ3v) is 0.383. The molecule has 0 aromatic rings. The molecule has 4 nitrogen and oxygen atoms in total. The van der Waals surface area contributed by atoms with Crippen LogP contribution in [-0.4, -0.2) is 6.03 Å². The molecule has 0 aliphatic carbocycles. The molecule has 2 amide bonds. The van der Waals surface area contributed by atoms with Gasteiger partial charge in [0, 0.05) is 12.3 Å². The van der Waals surface area contributed by atoms with Crippen molar-refractivity contribution in [2.75, 3.05) is 0 Å². The number of hydrogen-bond donors (Lipinski definition) is 2. The first-order valence-corrected chi connectivity index (χ1v) is 1.88. The van der Waals surface area contributed by atoms with Crippen LogP contribution >= 0.6 is 0 Å². The molecule has 42 valence electrons. The fourth-order valence-corrected chi connectivity index (χ4v) is 0.161. The Morgan fingerprint density at radius 1 is 1.88 bits per heavy atom. The second kappa shape index (κ2) is 3.68. The van der Waals surface area contributed by atoms with Gasteiger partial charge in [0.25, 0.3) is 0 Å². The largest absolute Gasteiger partial charge is 0.351 e. The zero-order valence-electron chi connectivity index (χ0n) is 4.09. The molecule has 0 atom stereocenters. The molecule has 0 radical (unpaired) electrons. The number of hydrogen-bond acceptors (Lipinski definition) is 2. The van der Waals surface area contributed by atoms with Gasteiger partial charge in [-0.3, -0.25) is 0 Å². The Bertz CT molecular complexity index is 144. The minimum absolute atomic E-state index is 0.670. The first kappa shape index (κ1) is 6.50. The van der Waals surface area contributed by atoms with Crippen LogP contribution in [0.5, 0.6) is 0 Å². The summed E-state index contributed by atoms with van der Waals surface area (Å²) in [6, 6.07) is 1.00. The van der Waals surface area contributed by atoms with E-state index in [0.717, 1.165) is 6.08 Å². The maximum Gasteiger partial charge on any atom is 0.316 e. The Morgan fingerprint density at radius 2 is 2.50 bits per heavy atom. The molecule has 0 heterocycles. The highest BCUT2D eigenvalue weighted by Gasteiger charge is 1.78. The maximum absolute atomic E-state index is 9.82. The van der Waals surface area contributed by atoms with Crippen molar-refractivity contribution in [3.8, 4) is 6.07 Å². The van der Waals surface area contributed by atoms with E-state index in [0.29, 0.717) is 0 Å². The number of carbonyl (C=O) groups excluding carboxylic acids is 1. The monoisotopic (exact) mass is 111 g/mol. The van der Waals surface area contributed by atoms with Gasteiger partial charge in [0.05, 0.1) is 6.07 Å². The third kappa shape index (κ3) is 4.50. The van der Waals surface area contributed by atoms with Crippen molar-refractivity contribution >= 4 is 6.03 Å². The molecule has 0 aromatic heterocycles. The van der Waals surface area contributed by atoms with Gasteiger partial charge in [-0.15, -0.1) is 0 Å². The second-order valence-corrected chi connectivity index (χ2v) is 0.971. The Kier molecular flexibility index (Phi) is 2.99. The number of rotatable bonds is 1. The summed E-state index contributed by atoms with van der Waals surface area (Å²) in [4.78, 5) is 9.82. The van der Waals surface area contributed by atoms with Crippen molar-refractivity contribution in [2.45, 2.75) is 0 Å². The van der Waals surface area contributed by atoms with Crippen molar-refractivity contribution in [3.63, 3.8) is 0 Å². The van der Waals surface area contributed by atoms with Crippen LogP contribution in [0.4, 0.5) is 4.79 Å². The van der Waals surface area contributed by atoms with Gasteiger partial charge < -0.3 is 11.1 Å². The normalized spacial score (nSPS) is 8.38. The van der Waals surface area contributed by atoms with Gasteiger partial charge in [-0.2, -0.15) is 5.26 Å². The van der Waals surface area contributed by atoms with E-state index in [1.165, 1.54) is 6.20 Å². The fourth-order valence-electron chi connectivity index (χ4n) is 0.161. The maximum atomic E-state index is 9.82. The molecular weight excluding hydrogens is 106 g/mol. The zero-order valence-corrected chi connectivity index (χ0v) is 4.09. The lowest BCUT2D eigenvalue weighted by molar-refractivity contribution is 0.252. The molecule has 0 aliphatic rings. The number of nitrogens with one attached hydrogen (secondary N) is 1. The SMILES string of the molecule is N#C/C=C/NC(N)=O. The number of carbonyl (C=O) groups is 1. The van der Waals surface area contributed by atoms with E-state index in [9.17, 15) is 4.79 Å². The molecule has 0 rings (SSSR count). The molecule has 0 aromatic carbocycles. The fraction of sp³-hybridized carbons (Fsp3) is 0. The average Bonchev–Trinajstić information content (AvgIpc) is 1.66. The summed E-state index contributed by atoms with van der Waals surface area (Å²) in [5, 5.41) is 9.93. The first-order valence-electron chi connectivity index (χ1n) is 1.88. The quantitative estimate of drug-likeness (QED) is 0.455. The number of amides is 2. The van der Waals surface area contributed by atoms with Crippen LogP contribution in [0.3, 0.4) is 0 Å². The van der Waals surface area contributed by atoms with E-state index in [1.54, 1.807) is 6.07 Å². The van der Waals surface area contributed by atoms with E-state index >= 15 is 0 Å². The van der Waals surface area contributed by atoms with Crippen LogP contribution < -0.4 is 11.1 Å². The molecule has 3 N–H and O–H groups in total. The smallest absolute Gasteiger partial charge is 0.316 e. The molecule has 0 unspecified atom stereocenters. The zero-order chi connectivity index (χ0) is 6.41. The minimum atomic E-state index is -0.670. The topological polar surface area (TPSA) is 78.9 Å². The van der Waals surface area contributed by atoms with Gasteiger partial charge in [0.1, 0.15) is 0 Å². The van der Waals surface area contributed by atoms with Gasteiger partial charge in [-0.1, -0.05) is 0 Å². The molecule has 4 heteroatoms. The van der Waals surface area contributed by atoms with E-state index in [2.05, 4.69) is 11.1 Å². The summed E-state index contributed by atoms with van der Waals surface area (Å²) < 4.78 is 0. The van der Waals surface area contributed by atoms with Crippen molar-refractivity contribution in [1.29, 1.82) is 5.26 Å². The van der Waals surface area contributed by atoms with Gasteiger partial charge in [-0.05, 0) is 0 Å². The Morgan fingerprint density at radius 3 is 2.88 bits per heavy atom. The predicted octanol–water partition coefficient (Wildman–Crippen LogP) is -0.308. The summed E-state index contributed by atoms with van der Waals surface area (Å²) in [5.41, 5.74) is 4.62. The molecule has 0 bridgehead atoms. The average molecular weight is 111 g/mol. The summed E-state index contributed by atoms with van der Waals surface area (Å²) in [5.74, 6) is 0. The minimum Gasteiger partial charge on any atom is -0.351 e. The predicted molar refractivity (Wildman–Crippen MR) is 27.5 cm³/mol. The molecule has 0 saturated carbocycles. The number of allylic oxidation sites excluding steroid dienone is 1. The lowest BCUT2D eigenvalue weighted by Gasteiger charge is -1.84. The molecule has 0 spiro atoms. The molecule has 0 saturated heterocycles. The molecule has 0 aliphatic heterocycles. The van der Waals surface area contributed by atoms with Crippen LogP contribution in [0.1, 0.15) is 0 Å². The lowest BCUT2D eigenvalue weighted by atomic mass is 10.7. The van der Waals surface area contributed by atoms with E-state index in [-0.39, 0.29) is 0 Å². The highest BCUT2D eigenvalue weighted by Crippen LogP contribution is 1.60. The number of nitrogens with zero attached hydrogens (tertiary/aromatic N) is 1. The van der Waals surface area contributed by atoms with Gasteiger partial charge in [0.15, 0.2) is 0 Å². The number of primary amides is 1. The van der Waals surface area contributed by atoms with Crippen LogP contribution in [0.15, 0.2) is 12.3 Å².